The van der Waals surface area contributed by atoms with Crippen LogP contribution in [0, 0.1) is 6.92 Å². The van der Waals surface area contributed by atoms with Crippen molar-refractivity contribution >= 4 is 33.5 Å². The number of carbonyl (C=O) groups excluding carboxylic acids is 1. The van der Waals surface area contributed by atoms with Gasteiger partial charge in [-0.1, -0.05) is 18.2 Å². The highest BCUT2D eigenvalue weighted by atomic mass is 32.2. The summed E-state index contributed by atoms with van der Waals surface area (Å²) in [7, 11) is 1.62. The minimum absolute atomic E-state index is 0.299. The summed E-state index contributed by atoms with van der Waals surface area (Å²) in [6.45, 7) is 1.41. The summed E-state index contributed by atoms with van der Waals surface area (Å²) in [4.78, 5) is 14.3. The van der Waals surface area contributed by atoms with Crippen molar-refractivity contribution in [3.8, 4) is 5.75 Å². The maximum absolute atomic E-state index is 12.3. The van der Waals surface area contributed by atoms with Crippen LogP contribution in [-0.4, -0.2) is 54.5 Å². The number of hydrazone groups is 1. The fourth-order valence-corrected chi connectivity index (χ4v) is 3.43. The number of nitrogens with zero attached hydrogens (tertiary/aromatic N) is 3. The molecule has 2 rings (SSSR count). The SMILES string of the molecule is COc1ccc(C)cc1N(CC(=O)N/N=C\c1ccc(N(C)C)cc1)S(C)(=O)=O. The standard InChI is InChI=1S/C20H26N4O4S/c1-15-6-11-19(28-4)18(12-15)24(29(5,26)27)14-20(25)22-21-13-16-7-9-17(10-8-16)23(2)3/h6-13H,14H2,1-5H3,(H,22,25)/b21-13-. The molecule has 0 aliphatic rings. The van der Waals surface area contributed by atoms with Gasteiger partial charge in [0.1, 0.15) is 12.3 Å². The summed E-state index contributed by atoms with van der Waals surface area (Å²) >= 11 is 0. The molecule has 1 N–H and O–H groups in total. The van der Waals surface area contributed by atoms with Gasteiger partial charge in [-0.25, -0.2) is 13.8 Å². The highest BCUT2D eigenvalue weighted by Gasteiger charge is 2.24. The summed E-state index contributed by atoms with van der Waals surface area (Å²) in [5.74, 6) is -0.210. The minimum atomic E-state index is -3.72. The first kappa shape index (κ1) is 22.2. The second-order valence-electron chi connectivity index (χ2n) is 6.72. The van der Waals surface area contributed by atoms with E-state index in [4.69, 9.17) is 4.74 Å². The maximum Gasteiger partial charge on any atom is 0.260 e. The molecule has 0 spiro atoms. The van der Waals surface area contributed by atoms with Gasteiger partial charge in [-0.05, 0) is 42.3 Å². The Morgan fingerprint density at radius 3 is 2.38 bits per heavy atom. The number of amides is 1. The zero-order valence-electron chi connectivity index (χ0n) is 17.2. The van der Waals surface area contributed by atoms with Crippen molar-refractivity contribution in [3.05, 3.63) is 53.6 Å². The molecule has 0 unspecified atom stereocenters. The second-order valence-corrected chi connectivity index (χ2v) is 8.63. The van der Waals surface area contributed by atoms with Crippen molar-refractivity contribution < 1.29 is 17.9 Å². The first-order valence-corrected chi connectivity index (χ1v) is 10.7. The van der Waals surface area contributed by atoms with E-state index in [0.717, 1.165) is 27.4 Å². The number of nitrogens with one attached hydrogen (secondary N) is 1. The summed E-state index contributed by atoms with van der Waals surface area (Å²) in [6, 6.07) is 12.7. The van der Waals surface area contributed by atoms with E-state index in [1.807, 2.05) is 50.2 Å². The number of hydrogen-bond acceptors (Lipinski definition) is 6. The van der Waals surface area contributed by atoms with E-state index < -0.39 is 22.5 Å². The Labute approximate surface area is 171 Å². The third kappa shape index (κ3) is 6.21. The Balaban J connectivity index is 2.12. The molecule has 0 aliphatic heterocycles. The fraction of sp³-hybridized carbons (Fsp3) is 0.300. The average molecular weight is 419 g/mol. The fourth-order valence-electron chi connectivity index (χ4n) is 2.58. The third-order valence-electron chi connectivity index (χ3n) is 4.10. The smallest absolute Gasteiger partial charge is 0.260 e. The Morgan fingerprint density at radius 1 is 1.17 bits per heavy atom. The Hall–Kier alpha value is -3.07. The molecule has 29 heavy (non-hydrogen) atoms. The monoisotopic (exact) mass is 418 g/mol. The van der Waals surface area contributed by atoms with Gasteiger partial charge in [0.25, 0.3) is 5.91 Å². The first-order chi connectivity index (χ1) is 13.6. The molecule has 1 amide bonds. The van der Waals surface area contributed by atoms with Crippen molar-refractivity contribution in [1.82, 2.24) is 5.43 Å². The molecule has 0 saturated heterocycles. The molecule has 0 fully saturated rings. The Kier molecular flexibility index (Phi) is 7.22. The lowest BCUT2D eigenvalue weighted by Crippen LogP contribution is -2.39. The largest absolute Gasteiger partial charge is 0.495 e. The highest BCUT2D eigenvalue weighted by molar-refractivity contribution is 7.92. The maximum atomic E-state index is 12.3. The number of rotatable bonds is 8. The van der Waals surface area contributed by atoms with Gasteiger partial charge in [0.2, 0.25) is 10.0 Å². The average Bonchev–Trinajstić information content (AvgIpc) is 2.65. The van der Waals surface area contributed by atoms with Crippen molar-refractivity contribution in [1.29, 1.82) is 0 Å². The highest BCUT2D eigenvalue weighted by Crippen LogP contribution is 2.30. The summed E-state index contributed by atoms with van der Waals surface area (Å²) in [5.41, 5.74) is 5.35. The van der Waals surface area contributed by atoms with Gasteiger partial charge in [0.05, 0.1) is 25.3 Å². The van der Waals surface area contributed by atoms with Gasteiger partial charge >= 0.3 is 0 Å². The summed E-state index contributed by atoms with van der Waals surface area (Å²) in [5, 5.41) is 3.91. The quantitative estimate of drug-likeness (QED) is 0.523. The van der Waals surface area contributed by atoms with Crippen LogP contribution in [0.1, 0.15) is 11.1 Å². The molecule has 0 aromatic heterocycles. The lowest BCUT2D eigenvalue weighted by Gasteiger charge is -2.23. The van der Waals surface area contributed by atoms with Gasteiger partial charge in [0, 0.05) is 19.8 Å². The van der Waals surface area contributed by atoms with Crippen molar-refractivity contribution in [3.63, 3.8) is 0 Å². The predicted octanol–water partition coefficient (Wildman–Crippen LogP) is 1.99. The van der Waals surface area contributed by atoms with Crippen LogP contribution in [0.5, 0.6) is 5.75 Å². The number of hydrogen-bond donors (Lipinski definition) is 1. The molecule has 0 radical (unpaired) electrons. The van der Waals surface area contributed by atoms with E-state index in [1.165, 1.54) is 13.3 Å². The van der Waals surface area contributed by atoms with Crippen molar-refractivity contribution in [2.24, 2.45) is 5.10 Å². The lowest BCUT2D eigenvalue weighted by molar-refractivity contribution is -0.119. The number of methoxy groups -OCH3 is 1. The molecule has 156 valence electrons. The number of benzene rings is 2. The molecule has 0 aliphatic carbocycles. The van der Waals surface area contributed by atoms with Crippen LogP contribution < -0.4 is 19.4 Å². The van der Waals surface area contributed by atoms with Gasteiger partial charge in [-0.2, -0.15) is 5.10 Å². The molecule has 0 heterocycles. The van der Waals surface area contributed by atoms with Gasteiger partial charge in [-0.15, -0.1) is 0 Å². The zero-order valence-corrected chi connectivity index (χ0v) is 18.0. The zero-order chi connectivity index (χ0) is 21.6. The molecule has 2 aromatic rings. The number of carbonyl (C=O) groups is 1. The molecule has 0 atom stereocenters. The van der Waals surface area contributed by atoms with Crippen LogP contribution in [0.25, 0.3) is 0 Å². The number of aryl methyl sites for hydroxylation is 1. The van der Waals surface area contributed by atoms with Crippen molar-refractivity contribution in [2.75, 3.05) is 43.2 Å². The number of anilines is 2. The minimum Gasteiger partial charge on any atom is -0.495 e. The second kappa shape index (κ2) is 9.42. The van der Waals surface area contributed by atoms with Crippen LogP contribution in [0.2, 0.25) is 0 Å². The van der Waals surface area contributed by atoms with E-state index in [9.17, 15) is 13.2 Å². The summed E-state index contributed by atoms with van der Waals surface area (Å²) in [6.07, 6.45) is 2.53. The van der Waals surface area contributed by atoms with Gasteiger partial charge in [-0.3, -0.25) is 9.10 Å². The number of ether oxygens (including phenoxy) is 1. The molecule has 0 saturated carbocycles. The normalized spacial score (nSPS) is 11.3. The van der Waals surface area contributed by atoms with Crippen LogP contribution in [-0.2, 0) is 14.8 Å². The van der Waals surface area contributed by atoms with E-state index in [2.05, 4.69) is 10.5 Å². The topological polar surface area (TPSA) is 91.3 Å². The Bertz CT molecular complexity index is 986. The Morgan fingerprint density at radius 2 is 1.83 bits per heavy atom. The number of sulfonamides is 1. The molecule has 9 heteroatoms. The van der Waals surface area contributed by atoms with Crippen molar-refractivity contribution in [2.45, 2.75) is 6.92 Å². The first-order valence-electron chi connectivity index (χ1n) is 8.83. The van der Waals surface area contributed by atoms with Crippen LogP contribution in [0.4, 0.5) is 11.4 Å². The molecule has 2 aromatic carbocycles. The van der Waals surface area contributed by atoms with Gasteiger partial charge < -0.3 is 9.64 Å². The molecule has 0 bridgehead atoms. The van der Waals surface area contributed by atoms with Crippen LogP contribution >= 0.6 is 0 Å². The predicted molar refractivity (Wildman–Crippen MR) is 116 cm³/mol. The van der Waals surface area contributed by atoms with E-state index in [1.54, 1.807) is 18.2 Å². The van der Waals surface area contributed by atoms with E-state index in [-0.39, 0.29) is 0 Å². The van der Waals surface area contributed by atoms with Crippen LogP contribution in [0.3, 0.4) is 0 Å². The van der Waals surface area contributed by atoms with E-state index >= 15 is 0 Å². The molecule has 8 nitrogen and oxygen atoms in total. The molecular formula is C20H26N4O4S. The molecular weight excluding hydrogens is 392 g/mol. The summed E-state index contributed by atoms with van der Waals surface area (Å²) < 4.78 is 30.8. The third-order valence-corrected chi connectivity index (χ3v) is 5.23. The van der Waals surface area contributed by atoms with Gasteiger partial charge in [0.15, 0.2) is 0 Å². The lowest BCUT2D eigenvalue weighted by atomic mass is 10.2. The van der Waals surface area contributed by atoms with Crippen LogP contribution in [0.15, 0.2) is 47.6 Å². The van der Waals surface area contributed by atoms with E-state index in [0.29, 0.717) is 11.4 Å².